The fourth-order valence-corrected chi connectivity index (χ4v) is 2.92. The Morgan fingerprint density at radius 3 is 2.53 bits per heavy atom. The van der Waals surface area contributed by atoms with Crippen molar-refractivity contribution in [2.45, 2.75) is 17.5 Å². The summed E-state index contributed by atoms with van der Waals surface area (Å²) in [5, 5.41) is 19.7. The molecular weight excluding hydrogens is 212 g/mol. The van der Waals surface area contributed by atoms with Crippen molar-refractivity contribution in [1.29, 1.82) is 0 Å². The van der Waals surface area contributed by atoms with Crippen molar-refractivity contribution in [1.82, 2.24) is 0 Å². The minimum absolute atomic E-state index is 0.393. The van der Waals surface area contributed by atoms with Crippen LogP contribution in [-0.4, -0.2) is 29.2 Å². The lowest BCUT2D eigenvalue weighted by molar-refractivity contribution is 0.0822. The average Bonchev–Trinajstić information content (AvgIpc) is 2.60. The quantitative estimate of drug-likeness (QED) is 0.799. The van der Waals surface area contributed by atoms with Crippen LogP contribution < -0.4 is 4.74 Å². The van der Waals surface area contributed by atoms with Crippen LogP contribution in [0.25, 0.3) is 0 Å². The highest BCUT2D eigenvalue weighted by molar-refractivity contribution is 8.00. The standard InChI is InChI=1S/C11H14O3S/c1-14-10-4-2-8(3-5-10)11(13)6-9(12)7-15-11/h2-5,9,12-13H,6-7H2,1H3. The monoisotopic (exact) mass is 226 g/mol. The van der Waals surface area contributed by atoms with Gasteiger partial charge in [-0.3, -0.25) is 0 Å². The van der Waals surface area contributed by atoms with E-state index in [4.69, 9.17) is 4.74 Å². The maximum Gasteiger partial charge on any atom is 0.138 e. The second kappa shape index (κ2) is 4.04. The lowest BCUT2D eigenvalue weighted by Gasteiger charge is -2.21. The molecule has 2 rings (SSSR count). The number of methoxy groups -OCH3 is 1. The highest BCUT2D eigenvalue weighted by Gasteiger charge is 2.38. The van der Waals surface area contributed by atoms with Crippen LogP contribution in [0, 0.1) is 0 Å². The summed E-state index contributed by atoms with van der Waals surface area (Å²) in [4.78, 5) is -0.939. The Labute approximate surface area is 93.1 Å². The molecule has 82 valence electrons. The van der Waals surface area contributed by atoms with Gasteiger partial charge in [0.2, 0.25) is 0 Å². The van der Waals surface area contributed by atoms with Crippen molar-refractivity contribution in [3.8, 4) is 5.75 Å². The van der Waals surface area contributed by atoms with E-state index in [0.29, 0.717) is 12.2 Å². The molecule has 1 fully saturated rings. The normalized spacial score (nSPS) is 30.5. The molecule has 3 nitrogen and oxygen atoms in total. The molecule has 1 aromatic carbocycles. The van der Waals surface area contributed by atoms with Crippen molar-refractivity contribution in [3.63, 3.8) is 0 Å². The van der Waals surface area contributed by atoms with E-state index in [1.807, 2.05) is 24.3 Å². The second-order valence-corrected chi connectivity index (χ2v) is 4.98. The third-order valence-electron chi connectivity index (χ3n) is 2.57. The average molecular weight is 226 g/mol. The lowest BCUT2D eigenvalue weighted by Crippen LogP contribution is -2.19. The van der Waals surface area contributed by atoms with Gasteiger partial charge in [0.25, 0.3) is 0 Å². The maximum absolute atomic E-state index is 10.3. The van der Waals surface area contributed by atoms with Crippen molar-refractivity contribution < 1.29 is 14.9 Å². The summed E-state index contributed by atoms with van der Waals surface area (Å²) < 4.78 is 5.05. The number of aliphatic hydroxyl groups excluding tert-OH is 1. The van der Waals surface area contributed by atoms with E-state index in [1.165, 1.54) is 11.8 Å². The van der Waals surface area contributed by atoms with Crippen LogP contribution in [0.4, 0.5) is 0 Å². The molecule has 0 spiro atoms. The van der Waals surface area contributed by atoms with E-state index in [9.17, 15) is 10.2 Å². The molecule has 1 aromatic rings. The molecule has 0 radical (unpaired) electrons. The fourth-order valence-electron chi connectivity index (χ4n) is 1.72. The molecule has 15 heavy (non-hydrogen) atoms. The van der Waals surface area contributed by atoms with Crippen LogP contribution in [0.1, 0.15) is 12.0 Å². The first-order valence-corrected chi connectivity index (χ1v) is 5.81. The van der Waals surface area contributed by atoms with Crippen molar-refractivity contribution in [3.05, 3.63) is 29.8 Å². The molecule has 2 atom stereocenters. The minimum atomic E-state index is -0.939. The van der Waals surface area contributed by atoms with E-state index in [1.54, 1.807) is 7.11 Å². The van der Waals surface area contributed by atoms with Gasteiger partial charge in [-0.1, -0.05) is 12.1 Å². The number of rotatable bonds is 2. The highest BCUT2D eigenvalue weighted by Crippen LogP contribution is 2.44. The summed E-state index contributed by atoms with van der Waals surface area (Å²) in [5.41, 5.74) is 0.824. The Kier molecular flexibility index (Phi) is 2.91. The van der Waals surface area contributed by atoms with Gasteiger partial charge in [0.05, 0.1) is 13.2 Å². The van der Waals surface area contributed by atoms with E-state index < -0.39 is 11.0 Å². The van der Waals surface area contributed by atoms with E-state index in [0.717, 1.165) is 11.3 Å². The predicted octanol–water partition coefficient (Wildman–Crippen LogP) is 1.34. The summed E-state index contributed by atoms with van der Waals surface area (Å²) in [5.74, 6) is 1.36. The van der Waals surface area contributed by atoms with Gasteiger partial charge in [0.1, 0.15) is 10.7 Å². The number of hydrogen-bond donors (Lipinski definition) is 2. The fraction of sp³-hybridized carbons (Fsp3) is 0.455. The molecule has 4 heteroatoms. The largest absolute Gasteiger partial charge is 0.497 e. The molecule has 1 heterocycles. The van der Waals surface area contributed by atoms with Gasteiger partial charge < -0.3 is 14.9 Å². The third-order valence-corrected chi connectivity index (χ3v) is 4.00. The number of benzene rings is 1. The molecule has 0 amide bonds. The molecule has 1 aliphatic heterocycles. The molecule has 1 aliphatic rings. The first-order chi connectivity index (χ1) is 7.14. The summed E-state index contributed by atoms with van der Waals surface area (Å²) in [7, 11) is 1.61. The zero-order valence-corrected chi connectivity index (χ0v) is 9.33. The summed E-state index contributed by atoms with van der Waals surface area (Å²) >= 11 is 1.38. The van der Waals surface area contributed by atoms with Gasteiger partial charge in [-0.15, -0.1) is 11.8 Å². The zero-order chi connectivity index (χ0) is 10.9. The highest BCUT2D eigenvalue weighted by atomic mass is 32.2. The molecular formula is C11H14O3S. The lowest BCUT2D eigenvalue weighted by atomic mass is 10.0. The zero-order valence-electron chi connectivity index (χ0n) is 8.51. The molecule has 2 N–H and O–H groups in total. The molecule has 0 aromatic heterocycles. The summed E-state index contributed by atoms with van der Waals surface area (Å²) in [6, 6.07) is 7.31. The topological polar surface area (TPSA) is 49.7 Å². The van der Waals surface area contributed by atoms with Crippen LogP contribution in [0.5, 0.6) is 5.75 Å². The van der Waals surface area contributed by atoms with E-state index in [2.05, 4.69) is 0 Å². The van der Waals surface area contributed by atoms with Crippen LogP contribution in [0.3, 0.4) is 0 Å². The first kappa shape index (κ1) is 10.8. The van der Waals surface area contributed by atoms with E-state index >= 15 is 0 Å². The predicted molar refractivity (Wildman–Crippen MR) is 60.0 cm³/mol. The number of thioether (sulfide) groups is 1. The van der Waals surface area contributed by atoms with E-state index in [-0.39, 0.29) is 0 Å². The molecule has 0 saturated carbocycles. The summed E-state index contributed by atoms with van der Waals surface area (Å²) in [6.45, 7) is 0. The number of aliphatic hydroxyl groups is 2. The second-order valence-electron chi connectivity index (χ2n) is 3.68. The maximum atomic E-state index is 10.3. The third kappa shape index (κ3) is 2.12. The Bertz CT molecular complexity index is 338. The van der Waals surface area contributed by atoms with Crippen molar-refractivity contribution >= 4 is 11.8 Å². The van der Waals surface area contributed by atoms with Crippen molar-refractivity contribution in [2.75, 3.05) is 12.9 Å². The molecule has 0 aliphatic carbocycles. The van der Waals surface area contributed by atoms with Gasteiger partial charge in [0.15, 0.2) is 0 Å². The van der Waals surface area contributed by atoms with Gasteiger partial charge in [-0.05, 0) is 17.7 Å². The SMILES string of the molecule is COc1ccc(C2(O)CC(O)CS2)cc1. The van der Waals surface area contributed by atoms with Crippen LogP contribution in [-0.2, 0) is 4.93 Å². The number of ether oxygens (including phenoxy) is 1. The Balaban J connectivity index is 2.22. The smallest absolute Gasteiger partial charge is 0.138 e. The van der Waals surface area contributed by atoms with Gasteiger partial charge >= 0.3 is 0 Å². The minimum Gasteiger partial charge on any atom is -0.497 e. The molecule has 2 unspecified atom stereocenters. The van der Waals surface area contributed by atoms with Gasteiger partial charge in [-0.25, -0.2) is 0 Å². The molecule has 1 saturated heterocycles. The van der Waals surface area contributed by atoms with Crippen LogP contribution >= 0.6 is 11.8 Å². The Hall–Kier alpha value is -0.710. The number of hydrogen-bond acceptors (Lipinski definition) is 4. The summed E-state index contributed by atoms with van der Waals surface area (Å²) in [6.07, 6.45) is -0.0219. The Morgan fingerprint density at radius 1 is 1.40 bits per heavy atom. The van der Waals surface area contributed by atoms with Crippen molar-refractivity contribution in [2.24, 2.45) is 0 Å². The van der Waals surface area contributed by atoms with Gasteiger partial charge in [0, 0.05) is 12.2 Å². The van der Waals surface area contributed by atoms with Gasteiger partial charge in [-0.2, -0.15) is 0 Å². The van der Waals surface area contributed by atoms with Crippen LogP contribution in [0.2, 0.25) is 0 Å². The van der Waals surface area contributed by atoms with Crippen LogP contribution in [0.15, 0.2) is 24.3 Å². The molecule has 0 bridgehead atoms. The Morgan fingerprint density at radius 2 is 2.07 bits per heavy atom. The first-order valence-electron chi connectivity index (χ1n) is 4.83.